The van der Waals surface area contributed by atoms with E-state index in [1.54, 1.807) is 6.07 Å². The Hall–Kier alpha value is -2.53. The molecular weight excluding hydrogens is 328 g/mol. The summed E-state index contributed by atoms with van der Waals surface area (Å²) in [6.07, 6.45) is 2.30. The maximum Gasteiger partial charge on any atom is 0.337 e. The van der Waals surface area contributed by atoms with Crippen molar-refractivity contribution in [2.45, 2.75) is 39.3 Å². The molecule has 0 spiro atoms. The smallest absolute Gasteiger partial charge is 0.337 e. The molecule has 3 rings (SSSR count). The first-order valence-electron chi connectivity index (χ1n) is 8.85. The van der Waals surface area contributed by atoms with Crippen LogP contribution in [0.15, 0.2) is 36.5 Å². The molecule has 0 bridgehead atoms. The number of ether oxygens (including phenoxy) is 1. The summed E-state index contributed by atoms with van der Waals surface area (Å²) in [5.41, 5.74) is 4.63. The number of hydrogen-bond donors (Lipinski definition) is 0. The molecule has 0 aliphatic carbocycles. The summed E-state index contributed by atoms with van der Waals surface area (Å²) in [5, 5.41) is 0. The van der Waals surface area contributed by atoms with Crippen LogP contribution in [0.1, 0.15) is 52.5 Å². The van der Waals surface area contributed by atoms with Crippen LogP contribution in [-0.2, 0) is 29.0 Å². The van der Waals surface area contributed by atoms with E-state index in [1.807, 2.05) is 24.4 Å². The van der Waals surface area contributed by atoms with Crippen molar-refractivity contribution in [2.75, 3.05) is 13.7 Å². The van der Waals surface area contributed by atoms with Crippen LogP contribution >= 0.6 is 0 Å². The highest BCUT2D eigenvalue weighted by molar-refractivity contribution is 5.90. The SMILES string of the molecule is COC(=O)c1ccc2c(c1)CN(Cc1ccc(C(C)C)cn1)CC(=O)C2. The second kappa shape index (κ2) is 7.79. The van der Waals surface area contributed by atoms with Gasteiger partial charge in [0.05, 0.1) is 24.9 Å². The summed E-state index contributed by atoms with van der Waals surface area (Å²) in [6, 6.07) is 9.53. The standard InChI is InChI=1S/C21H24N2O3/c1-14(2)17-6-7-19(22-10-17)12-23-11-18-8-16(21(25)26-3)5-4-15(18)9-20(24)13-23/h4-8,10,14H,9,11-13H2,1-3H3. The van der Waals surface area contributed by atoms with Gasteiger partial charge in [0.1, 0.15) is 0 Å². The second-order valence-corrected chi connectivity index (χ2v) is 7.07. The van der Waals surface area contributed by atoms with Gasteiger partial charge < -0.3 is 4.74 Å². The normalized spacial score (nSPS) is 14.8. The summed E-state index contributed by atoms with van der Waals surface area (Å²) >= 11 is 0. The molecule has 26 heavy (non-hydrogen) atoms. The fourth-order valence-electron chi connectivity index (χ4n) is 3.22. The number of fused-ring (bicyclic) bond motifs is 1. The van der Waals surface area contributed by atoms with E-state index in [1.165, 1.54) is 12.7 Å². The van der Waals surface area contributed by atoms with E-state index < -0.39 is 0 Å². The Kier molecular flexibility index (Phi) is 5.47. The van der Waals surface area contributed by atoms with Crippen LogP contribution in [0.2, 0.25) is 0 Å². The third kappa shape index (κ3) is 4.17. The average Bonchev–Trinajstić information content (AvgIpc) is 2.78. The molecule has 0 atom stereocenters. The minimum atomic E-state index is -0.360. The Morgan fingerprint density at radius 3 is 2.65 bits per heavy atom. The van der Waals surface area contributed by atoms with E-state index in [4.69, 9.17) is 4.74 Å². The third-order valence-electron chi connectivity index (χ3n) is 4.71. The van der Waals surface area contributed by atoms with Crippen LogP contribution in [0.5, 0.6) is 0 Å². The number of Topliss-reactive ketones (excluding diaryl/α,β-unsaturated/α-hetero) is 1. The van der Waals surface area contributed by atoms with Crippen molar-refractivity contribution >= 4 is 11.8 Å². The number of esters is 1. The lowest BCUT2D eigenvalue weighted by atomic mass is 10.0. The van der Waals surface area contributed by atoms with Crippen molar-refractivity contribution in [1.82, 2.24) is 9.88 Å². The zero-order valence-electron chi connectivity index (χ0n) is 15.5. The highest BCUT2D eigenvalue weighted by atomic mass is 16.5. The van der Waals surface area contributed by atoms with Gasteiger partial charge in [-0.05, 0) is 40.8 Å². The first kappa shape index (κ1) is 18.3. The highest BCUT2D eigenvalue weighted by Gasteiger charge is 2.21. The lowest BCUT2D eigenvalue weighted by molar-refractivity contribution is -0.119. The summed E-state index contributed by atoms with van der Waals surface area (Å²) in [6.45, 7) is 5.88. The van der Waals surface area contributed by atoms with E-state index in [9.17, 15) is 9.59 Å². The molecule has 1 aliphatic heterocycles. The van der Waals surface area contributed by atoms with Gasteiger partial charge in [-0.25, -0.2) is 4.79 Å². The van der Waals surface area contributed by atoms with E-state index in [0.29, 0.717) is 37.5 Å². The number of methoxy groups -OCH3 is 1. The predicted molar refractivity (Wildman–Crippen MR) is 98.9 cm³/mol. The Bertz CT molecular complexity index is 813. The molecule has 0 radical (unpaired) electrons. The van der Waals surface area contributed by atoms with E-state index in [0.717, 1.165) is 16.8 Å². The number of hydrogen-bond acceptors (Lipinski definition) is 5. The fourth-order valence-corrected chi connectivity index (χ4v) is 3.22. The number of rotatable bonds is 4. The molecule has 1 aliphatic rings. The molecule has 0 saturated heterocycles. The summed E-state index contributed by atoms with van der Waals surface area (Å²) in [7, 11) is 1.37. The number of pyridine rings is 1. The average molecular weight is 352 g/mol. The molecule has 5 heteroatoms. The second-order valence-electron chi connectivity index (χ2n) is 7.07. The van der Waals surface area contributed by atoms with E-state index >= 15 is 0 Å². The fraction of sp³-hybridized carbons (Fsp3) is 0.381. The van der Waals surface area contributed by atoms with Crippen LogP contribution in [-0.4, -0.2) is 35.3 Å². The Balaban J connectivity index is 1.81. The molecule has 0 amide bonds. The Labute approximate surface area is 154 Å². The zero-order chi connectivity index (χ0) is 18.7. The van der Waals surface area contributed by atoms with E-state index in [-0.39, 0.29) is 11.8 Å². The lowest BCUT2D eigenvalue weighted by Gasteiger charge is -2.20. The number of carbonyl (C=O) groups is 2. The molecule has 2 aromatic rings. The van der Waals surface area contributed by atoms with Gasteiger partial charge in [0, 0.05) is 25.7 Å². The molecule has 136 valence electrons. The van der Waals surface area contributed by atoms with Crippen molar-refractivity contribution in [3.05, 3.63) is 64.5 Å². The molecule has 1 aromatic heterocycles. The monoisotopic (exact) mass is 352 g/mol. The van der Waals surface area contributed by atoms with Crippen molar-refractivity contribution in [3.8, 4) is 0 Å². The third-order valence-corrected chi connectivity index (χ3v) is 4.71. The molecule has 1 aromatic carbocycles. The molecule has 2 heterocycles. The minimum absolute atomic E-state index is 0.174. The van der Waals surface area contributed by atoms with Gasteiger partial charge in [0.15, 0.2) is 5.78 Å². The number of carbonyl (C=O) groups excluding carboxylic acids is 2. The summed E-state index contributed by atoms with van der Waals surface area (Å²) in [4.78, 5) is 30.7. The molecule has 0 saturated carbocycles. The quantitative estimate of drug-likeness (QED) is 0.791. The van der Waals surface area contributed by atoms with Gasteiger partial charge >= 0.3 is 5.97 Å². The number of aromatic nitrogens is 1. The van der Waals surface area contributed by atoms with Crippen LogP contribution in [0.25, 0.3) is 0 Å². The van der Waals surface area contributed by atoms with E-state index in [2.05, 4.69) is 29.8 Å². The lowest BCUT2D eigenvalue weighted by Crippen LogP contribution is -2.27. The van der Waals surface area contributed by atoms with Crippen molar-refractivity contribution in [1.29, 1.82) is 0 Å². The van der Waals surface area contributed by atoms with Gasteiger partial charge in [-0.1, -0.05) is 26.0 Å². The number of ketones is 1. The first-order valence-corrected chi connectivity index (χ1v) is 8.85. The topological polar surface area (TPSA) is 59.5 Å². The van der Waals surface area contributed by atoms with Crippen LogP contribution in [0, 0.1) is 0 Å². The van der Waals surface area contributed by atoms with Gasteiger partial charge in [-0.2, -0.15) is 0 Å². The van der Waals surface area contributed by atoms with Crippen molar-refractivity contribution in [2.24, 2.45) is 0 Å². The van der Waals surface area contributed by atoms with Gasteiger partial charge in [0.25, 0.3) is 0 Å². The molecular formula is C21H24N2O3. The zero-order valence-corrected chi connectivity index (χ0v) is 15.5. The molecule has 5 nitrogen and oxygen atoms in total. The Morgan fingerprint density at radius 1 is 1.19 bits per heavy atom. The van der Waals surface area contributed by atoms with Crippen LogP contribution < -0.4 is 0 Å². The van der Waals surface area contributed by atoms with Gasteiger partial charge in [0.2, 0.25) is 0 Å². The number of nitrogens with zero attached hydrogens (tertiary/aromatic N) is 2. The summed E-state index contributed by atoms with van der Waals surface area (Å²) < 4.78 is 4.80. The predicted octanol–water partition coefficient (Wildman–Crippen LogP) is 3.12. The van der Waals surface area contributed by atoms with Gasteiger partial charge in [-0.15, -0.1) is 0 Å². The minimum Gasteiger partial charge on any atom is -0.465 e. The highest BCUT2D eigenvalue weighted by Crippen LogP contribution is 2.21. The maximum absolute atomic E-state index is 12.3. The largest absolute Gasteiger partial charge is 0.465 e. The first-order chi connectivity index (χ1) is 12.5. The molecule has 0 N–H and O–H groups in total. The Morgan fingerprint density at radius 2 is 2.00 bits per heavy atom. The molecule has 0 unspecified atom stereocenters. The van der Waals surface area contributed by atoms with Crippen LogP contribution in [0.4, 0.5) is 0 Å². The van der Waals surface area contributed by atoms with Crippen molar-refractivity contribution < 1.29 is 14.3 Å². The van der Waals surface area contributed by atoms with Crippen LogP contribution in [0.3, 0.4) is 0 Å². The van der Waals surface area contributed by atoms with Gasteiger partial charge in [-0.3, -0.25) is 14.7 Å². The molecule has 0 fully saturated rings. The maximum atomic E-state index is 12.3. The number of benzene rings is 1. The summed E-state index contributed by atoms with van der Waals surface area (Å²) in [5.74, 6) is 0.258. The van der Waals surface area contributed by atoms with Crippen molar-refractivity contribution in [3.63, 3.8) is 0 Å².